The molecule has 2 rings (SSSR count). The summed E-state index contributed by atoms with van der Waals surface area (Å²) in [6.07, 6.45) is 2.26. The van der Waals surface area contributed by atoms with Crippen LogP contribution in [-0.4, -0.2) is 28.1 Å². The fourth-order valence-corrected chi connectivity index (χ4v) is 2.10. The molecule has 1 aromatic rings. The third-order valence-corrected chi connectivity index (χ3v) is 3.21. The molecule has 0 aliphatic carbocycles. The van der Waals surface area contributed by atoms with E-state index in [4.69, 9.17) is 4.74 Å². The molecular formula is C12H16N2O4. The van der Waals surface area contributed by atoms with Gasteiger partial charge in [-0.1, -0.05) is 0 Å². The van der Waals surface area contributed by atoms with Crippen molar-refractivity contribution in [1.82, 2.24) is 9.13 Å². The van der Waals surface area contributed by atoms with Gasteiger partial charge in [-0.15, -0.1) is 0 Å². The van der Waals surface area contributed by atoms with Crippen LogP contribution in [0, 0.1) is 5.92 Å². The van der Waals surface area contributed by atoms with Gasteiger partial charge in [-0.2, -0.15) is 0 Å². The Morgan fingerprint density at radius 2 is 2.22 bits per heavy atom. The second-order valence-electron chi connectivity index (χ2n) is 4.63. The third kappa shape index (κ3) is 2.28. The molecule has 1 aliphatic rings. The average Bonchev–Trinajstić information content (AvgIpc) is 2.82. The zero-order valence-corrected chi connectivity index (χ0v) is 10.5. The summed E-state index contributed by atoms with van der Waals surface area (Å²) < 4.78 is 7.66. The fourth-order valence-electron chi connectivity index (χ4n) is 2.10. The lowest BCUT2D eigenvalue weighted by Gasteiger charge is -2.12. The van der Waals surface area contributed by atoms with Crippen molar-refractivity contribution >= 4 is 5.78 Å². The molecule has 1 aliphatic heterocycles. The number of aromatic nitrogens is 2. The number of hydrogen-bond acceptors (Lipinski definition) is 4. The first-order valence-corrected chi connectivity index (χ1v) is 5.90. The maximum absolute atomic E-state index is 11.9. The molecule has 0 N–H and O–H groups in total. The van der Waals surface area contributed by atoms with Crippen LogP contribution in [0.15, 0.2) is 15.8 Å². The predicted molar refractivity (Wildman–Crippen MR) is 64.9 cm³/mol. The van der Waals surface area contributed by atoms with E-state index in [0.29, 0.717) is 19.8 Å². The third-order valence-electron chi connectivity index (χ3n) is 3.21. The Kier molecular flexibility index (Phi) is 3.47. The van der Waals surface area contributed by atoms with E-state index >= 15 is 0 Å². The van der Waals surface area contributed by atoms with Crippen LogP contribution in [0.5, 0.6) is 0 Å². The number of Topliss-reactive ketones (excluding diaryl/α,β-unsaturated/α-hetero) is 1. The Labute approximate surface area is 104 Å². The van der Waals surface area contributed by atoms with Crippen LogP contribution in [0.4, 0.5) is 0 Å². The number of rotatable bonds is 3. The zero-order valence-electron chi connectivity index (χ0n) is 10.5. The molecule has 0 aromatic carbocycles. The first-order chi connectivity index (χ1) is 8.50. The van der Waals surface area contributed by atoms with Crippen LogP contribution in [0.25, 0.3) is 0 Å². The summed E-state index contributed by atoms with van der Waals surface area (Å²) in [6, 6.07) is 0. The summed E-state index contributed by atoms with van der Waals surface area (Å²) in [5.41, 5.74) is -0.876. The number of carbonyl (C=O) groups is 1. The van der Waals surface area contributed by atoms with Crippen molar-refractivity contribution in [3.05, 3.63) is 32.6 Å². The highest BCUT2D eigenvalue weighted by atomic mass is 16.5. The van der Waals surface area contributed by atoms with Crippen LogP contribution in [0.2, 0.25) is 0 Å². The van der Waals surface area contributed by atoms with Crippen molar-refractivity contribution in [2.75, 3.05) is 13.2 Å². The van der Waals surface area contributed by atoms with Crippen LogP contribution in [-0.2, 0) is 18.3 Å². The number of ketones is 1. The molecular weight excluding hydrogens is 236 g/mol. The minimum Gasteiger partial charge on any atom is -0.381 e. The molecule has 0 spiro atoms. The van der Waals surface area contributed by atoms with Gasteiger partial charge in [0.05, 0.1) is 12.2 Å². The highest BCUT2D eigenvalue weighted by molar-refractivity contribution is 5.93. The molecule has 1 aromatic heterocycles. The Hall–Kier alpha value is -1.69. The van der Waals surface area contributed by atoms with Crippen molar-refractivity contribution in [2.45, 2.75) is 19.9 Å². The van der Waals surface area contributed by atoms with Gasteiger partial charge in [-0.05, 0) is 13.3 Å². The molecule has 1 saturated heterocycles. The van der Waals surface area contributed by atoms with Crippen LogP contribution in [0.3, 0.4) is 0 Å². The lowest BCUT2D eigenvalue weighted by Crippen LogP contribution is -2.41. The molecule has 0 saturated carbocycles. The van der Waals surface area contributed by atoms with E-state index in [2.05, 4.69) is 0 Å². The van der Waals surface area contributed by atoms with Crippen LogP contribution in [0.1, 0.15) is 23.7 Å². The van der Waals surface area contributed by atoms with E-state index in [1.165, 1.54) is 24.7 Å². The number of nitrogens with zero attached hydrogens (tertiary/aromatic N) is 2. The van der Waals surface area contributed by atoms with E-state index < -0.39 is 11.2 Å². The Morgan fingerprint density at radius 1 is 1.50 bits per heavy atom. The molecule has 1 unspecified atom stereocenters. The molecule has 18 heavy (non-hydrogen) atoms. The smallest absolute Gasteiger partial charge is 0.330 e. The van der Waals surface area contributed by atoms with Crippen LogP contribution >= 0.6 is 0 Å². The highest BCUT2D eigenvalue weighted by Gasteiger charge is 2.19. The molecule has 0 radical (unpaired) electrons. The predicted octanol–water partition coefficient (Wildman–Crippen LogP) is -0.214. The van der Waals surface area contributed by atoms with Gasteiger partial charge in [0.25, 0.3) is 5.56 Å². The zero-order chi connectivity index (χ0) is 13.3. The van der Waals surface area contributed by atoms with Gasteiger partial charge >= 0.3 is 5.69 Å². The van der Waals surface area contributed by atoms with Gasteiger partial charge in [0.2, 0.25) is 0 Å². The highest BCUT2D eigenvalue weighted by Crippen LogP contribution is 2.13. The van der Waals surface area contributed by atoms with Gasteiger partial charge in [0.15, 0.2) is 5.78 Å². The second-order valence-corrected chi connectivity index (χ2v) is 4.63. The van der Waals surface area contributed by atoms with E-state index in [-0.39, 0.29) is 17.3 Å². The average molecular weight is 252 g/mol. The lowest BCUT2D eigenvalue weighted by atomic mass is 10.1. The van der Waals surface area contributed by atoms with E-state index in [9.17, 15) is 14.4 Å². The first-order valence-electron chi connectivity index (χ1n) is 5.90. The van der Waals surface area contributed by atoms with Gasteiger partial charge in [-0.25, -0.2) is 4.79 Å². The standard InChI is InChI=1S/C12H16N2O4/c1-8(15)10-6-14(5-9-3-4-18-7-9)12(17)13(2)11(10)16/h6,9H,3-5,7H2,1-2H3. The molecule has 2 heterocycles. The van der Waals surface area contributed by atoms with E-state index in [1.54, 1.807) is 0 Å². The van der Waals surface area contributed by atoms with Crippen molar-refractivity contribution in [2.24, 2.45) is 13.0 Å². The second kappa shape index (κ2) is 4.89. The Balaban J connectivity index is 2.43. The Morgan fingerprint density at radius 3 is 2.78 bits per heavy atom. The van der Waals surface area contributed by atoms with Gasteiger partial charge < -0.3 is 4.74 Å². The maximum atomic E-state index is 11.9. The lowest BCUT2D eigenvalue weighted by molar-refractivity contribution is 0.101. The van der Waals surface area contributed by atoms with Crippen molar-refractivity contribution in [3.8, 4) is 0 Å². The summed E-state index contributed by atoms with van der Waals surface area (Å²) in [4.78, 5) is 35.0. The number of ether oxygens (including phenoxy) is 1. The molecule has 6 nitrogen and oxygen atoms in total. The summed E-state index contributed by atoms with van der Waals surface area (Å²) >= 11 is 0. The quantitative estimate of drug-likeness (QED) is 0.698. The topological polar surface area (TPSA) is 70.3 Å². The first kappa shape index (κ1) is 12.8. The SMILES string of the molecule is CC(=O)c1cn(CC2CCOC2)c(=O)n(C)c1=O. The Bertz CT molecular complexity index is 579. The normalized spacial score (nSPS) is 19.1. The molecule has 1 fully saturated rings. The summed E-state index contributed by atoms with van der Waals surface area (Å²) in [5.74, 6) is -0.0629. The molecule has 0 bridgehead atoms. The van der Waals surface area contributed by atoms with Gasteiger partial charge in [0.1, 0.15) is 0 Å². The molecule has 6 heteroatoms. The maximum Gasteiger partial charge on any atom is 0.330 e. The fraction of sp³-hybridized carbons (Fsp3) is 0.583. The van der Waals surface area contributed by atoms with Gasteiger partial charge in [0, 0.05) is 32.3 Å². The van der Waals surface area contributed by atoms with Crippen LogP contribution < -0.4 is 11.2 Å². The molecule has 98 valence electrons. The molecule has 0 amide bonds. The van der Waals surface area contributed by atoms with Crippen molar-refractivity contribution in [1.29, 1.82) is 0 Å². The van der Waals surface area contributed by atoms with Crippen molar-refractivity contribution in [3.63, 3.8) is 0 Å². The minimum atomic E-state index is -0.536. The monoisotopic (exact) mass is 252 g/mol. The summed E-state index contributed by atoms with van der Waals surface area (Å²) in [5, 5.41) is 0. The minimum absolute atomic E-state index is 0.0519. The summed E-state index contributed by atoms with van der Waals surface area (Å²) in [7, 11) is 1.39. The van der Waals surface area contributed by atoms with E-state index in [0.717, 1.165) is 11.0 Å². The largest absolute Gasteiger partial charge is 0.381 e. The molecule has 1 atom stereocenters. The number of hydrogen-bond donors (Lipinski definition) is 0. The number of carbonyl (C=O) groups excluding carboxylic acids is 1. The summed E-state index contributed by atoms with van der Waals surface area (Å²) in [6.45, 7) is 3.12. The van der Waals surface area contributed by atoms with Gasteiger partial charge in [-0.3, -0.25) is 18.7 Å². The van der Waals surface area contributed by atoms with Crippen molar-refractivity contribution < 1.29 is 9.53 Å². The van der Waals surface area contributed by atoms with E-state index in [1.807, 2.05) is 0 Å².